The van der Waals surface area contributed by atoms with Crippen LogP contribution in [0.15, 0.2) is 0 Å². The Morgan fingerprint density at radius 2 is 1.83 bits per heavy atom. The van der Waals surface area contributed by atoms with Crippen LogP contribution in [0.2, 0.25) is 0 Å². The molecule has 1 rings (SSSR count). The molecule has 2 unspecified atom stereocenters. The van der Waals surface area contributed by atoms with E-state index in [0.29, 0.717) is 0 Å². The summed E-state index contributed by atoms with van der Waals surface area (Å²) in [5.41, 5.74) is -9.34. The summed E-state index contributed by atoms with van der Waals surface area (Å²) in [7, 11) is -6.09. The fourth-order valence-electron chi connectivity index (χ4n) is 1.73. The number of carboxylic acid groups (broad SMARTS) is 1. The zero-order chi connectivity index (χ0) is 19.0. The van der Waals surface area contributed by atoms with Crippen LogP contribution in [0.5, 0.6) is 0 Å². The van der Waals surface area contributed by atoms with Crippen molar-refractivity contribution < 1.29 is 49.9 Å². The molecule has 0 bridgehead atoms. The van der Waals surface area contributed by atoms with Crippen LogP contribution in [0.25, 0.3) is 0 Å². The Morgan fingerprint density at radius 3 is 2.25 bits per heavy atom. The zero-order valence-electron chi connectivity index (χ0n) is 12.8. The van der Waals surface area contributed by atoms with Crippen LogP contribution in [0.4, 0.5) is 18.0 Å². The van der Waals surface area contributed by atoms with Crippen LogP contribution in [-0.4, -0.2) is 61.6 Å². The number of ether oxygens (including phenoxy) is 2. The molecule has 0 radical (unpaired) electrons. The molecule has 0 aliphatic carbocycles. The van der Waals surface area contributed by atoms with Crippen LogP contribution in [-0.2, 0) is 28.6 Å². The molecule has 1 fully saturated rings. The second-order valence-corrected chi connectivity index (χ2v) is 7.47. The second kappa shape index (κ2) is 6.37. The van der Waals surface area contributed by atoms with Gasteiger partial charge in [0.2, 0.25) is 0 Å². The number of carbonyl (C=O) groups excluding carboxylic acids is 1. The van der Waals surface area contributed by atoms with Gasteiger partial charge in [0.25, 0.3) is 0 Å². The van der Waals surface area contributed by atoms with Crippen molar-refractivity contribution in [3.8, 4) is 0 Å². The van der Waals surface area contributed by atoms with E-state index in [1.165, 1.54) is 20.8 Å². The van der Waals surface area contributed by atoms with Crippen molar-refractivity contribution in [2.24, 2.45) is 0 Å². The highest BCUT2D eigenvalue weighted by Crippen LogP contribution is 2.31. The molecule has 0 spiro atoms. The molecule has 1 saturated heterocycles. The molecule has 0 aromatic carbocycles. The third-order valence-electron chi connectivity index (χ3n) is 2.78. The monoisotopic (exact) mass is 379 g/mol. The minimum Gasteiger partial charge on any atom is -0.479 e. The molecule has 2 N–H and O–H groups in total. The highest BCUT2D eigenvalue weighted by atomic mass is 32.2. The van der Waals surface area contributed by atoms with E-state index in [1.807, 2.05) is 5.32 Å². The number of alkyl carbamates (subject to hydrolysis) is 1. The average Bonchev–Trinajstić information content (AvgIpc) is 2.68. The molecule has 1 aliphatic heterocycles. The molecule has 0 saturated carbocycles. The van der Waals surface area contributed by atoms with Gasteiger partial charge in [-0.25, -0.2) is 9.59 Å². The first-order valence-corrected chi connectivity index (χ1v) is 7.83. The largest absolute Gasteiger partial charge is 0.523 e. The normalized spacial score (nSPS) is 25.3. The lowest BCUT2D eigenvalue weighted by Gasteiger charge is -2.31. The van der Waals surface area contributed by atoms with Gasteiger partial charge in [-0.2, -0.15) is 21.6 Å². The van der Waals surface area contributed by atoms with E-state index in [4.69, 9.17) is 9.47 Å². The summed E-state index contributed by atoms with van der Waals surface area (Å²) < 4.78 is 72.9. The highest BCUT2D eigenvalue weighted by Gasteiger charge is 2.58. The van der Waals surface area contributed by atoms with E-state index in [0.717, 1.165) is 0 Å². The number of carboxylic acids is 1. The van der Waals surface area contributed by atoms with E-state index in [-0.39, 0.29) is 0 Å². The Morgan fingerprint density at radius 1 is 1.29 bits per heavy atom. The van der Waals surface area contributed by atoms with Crippen molar-refractivity contribution in [1.82, 2.24) is 5.32 Å². The third kappa shape index (κ3) is 4.48. The predicted octanol–water partition coefficient (Wildman–Crippen LogP) is 0.599. The van der Waals surface area contributed by atoms with Crippen LogP contribution in [0, 0.1) is 0 Å². The van der Waals surface area contributed by atoms with Crippen LogP contribution in [0.3, 0.4) is 0 Å². The molecule has 140 valence electrons. The Labute approximate surface area is 135 Å². The fourth-order valence-corrected chi connectivity index (χ4v) is 2.37. The van der Waals surface area contributed by atoms with Crippen LogP contribution in [0.1, 0.15) is 20.8 Å². The minimum atomic E-state index is -6.09. The van der Waals surface area contributed by atoms with Gasteiger partial charge in [-0.1, -0.05) is 0 Å². The molecule has 1 heterocycles. The van der Waals surface area contributed by atoms with Gasteiger partial charge >= 0.3 is 27.7 Å². The molecular formula is C11H16F3NO8S. The molecule has 0 aromatic heterocycles. The lowest BCUT2D eigenvalue weighted by Crippen LogP contribution is -2.63. The number of carbonyl (C=O) groups is 2. The fraction of sp³-hybridized carbons (Fsp3) is 0.818. The van der Waals surface area contributed by atoms with E-state index in [9.17, 15) is 36.3 Å². The summed E-state index contributed by atoms with van der Waals surface area (Å²) in [5.74, 6) is -1.84. The Hall–Kier alpha value is -1.60. The Balaban J connectivity index is 3.08. The van der Waals surface area contributed by atoms with Gasteiger partial charge in [-0.05, 0) is 20.8 Å². The molecule has 0 aromatic rings. The summed E-state index contributed by atoms with van der Waals surface area (Å²) in [6, 6.07) is 0. The first-order chi connectivity index (χ1) is 10.6. The third-order valence-corrected chi connectivity index (χ3v) is 3.83. The van der Waals surface area contributed by atoms with Crippen molar-refractivity contribution >= 4 is 22.2 Å². The summed E-state index contributed by atoms with van der Waals surface area (Å²) in [5, 5.41) is 11.1. The van der Waals surface area contributed by atoms with Gasteiger partial charge in [-0.15, -0.1) is 0 Å². The van der Waals surface area contributed by atoms with Crippen molar-refractivity contribution in [3.05, 3.63) is 0 Å². The predicted molar refractivity (Wildman–Crippen MR) is 70.4 cm³/mol. The highest BCUT2D eigenvalue weighted by molar-refractivity contribution is 7.87. The van der Waals surface area contributed by atoms with Gasteiger partial charge in [0, 0.05) is 0 Å². The zero-order valence-corrected chi connectivity index (χ0v) is 13.7. The van der Waals surface area contributed by atoms with E-state index >= 15 is 0 Å². The number of hydrogen-bond acceptors (Lipinski definition) is 7. The molecule has 9 nitrogen and oxygen atoms in total. The van der Waals surface area contributed by atoms with Gasteiger partial charge in [0.15, 0.2) is 5.54 Å². The molecule has 24 heavy (non-hydrogen) atoms. The van der Waals surface area contributed by atoms with Gasteiger partial charge < -0.3 is 19.9 Å². The smallest absolute Gasteiger partial charge is 0.479 e. The van der Waals surface area contributed by atoms with Crippen molar-refractivity contribution in [1.29, 1.82) is 0 Å². The summed E-state index contributed by atoms with van der Waals surface area (Å²) in [4.78, 5) is 23.2. The number of halogens is 3. The van der Waals surface area contributed by atoms with Gasteiger partial charge in [0.05, 0.1) is 13.2 Å². The number of hydrogen-bond donors (Lipinski definition) is 2. The first-order valence-electron chi connectivity index (χ1n) is 6.42. The van der Waals surface area contributed by atoms with E-state index in [2.05, 4.69) is 4.18 Å². The molecule has 1 aliphatic rings. The lowest BCUT2D eigenvalue weighted by atomic mass is 9.96. The number of aliphatic carboxylic acids is 1. The quantitative estimate of drug-likeness (QED) is 0.537. The second-order valence-electron chi connectivity index (χ2n) is 5.90. The average molecular weight is 379 g/mol. The number of nitrogens with one attached hydrogen (secondary N) is 1. The van der Waals surface area contributed by atoms with Crippen molar-refractivity contribution in [2.75, 3.05) is 13.2 Å². The van der Waals surface area contributed by atoms with E-state index in [1.54, 1.807) is 0 Å². The first kappa shape index (κ1) is 20.4. The van der Waals surface area contributed by atoms with Crippen LogP contribution < -0.4 is 5.32 Å². The minimum absolute atomic E-state index is 0.794. The van der Waals surface area contributed by atoms with Gasteiger partial charge in [0.1, 0.15) is 11.7 Å². The topological polar surface area (TPSA) is 128 Å². The number of rotatable bonds is 4. The maximum atomic E-state index is 12.4. The summed E-state index contributed by atoms with van der Waals surface area (Å²) >= 11 is 0. The van der Waals surface area contributed by atoms with Crippen molar-refractivity contribution in [3.63, 3.8) is 0 Å². The van der Waals surface area contributed by atoms with Crippen LogP contribution >= 0.6 is 0 Å². The summed E-state index contributed by atoms with van der Waals surface area (Å²) in [6.07, 6.45) is -3.41. The van der Waals surface area contributed by atoms with Crippen molar-refractivity contribution in [2.45, 2.75) is 43.5 Å². The molecular weight excluding hydrogens is 363 g/mol. The lowest BCUT2D eigenvalue weighted by molar-refractivity contribution is -0.148. The van der Waals surface area contributed by atoms with Gasteiger partial charge in [-0.3, -0.25) is 4.18 Å². The molecule has 2 atom stereocenters. The SMILES string of the molecule is CC(C)(C)OC(=O)NC1(C(=O)O)COCC1OS(=O)(=O)C(F)(F)F. The molecule has 13 heteroatoms. The molecule has 1 amide bonds. The maximum absolute atomic E-state index is 12.4. The Kier molecular flexibility index (Phi) is 5.42. The number of alkyl halides is 3. The Bertz CT molecular complexity index is 612. The van der Waals surface area contributed by atoms with E-state index < -0.39 is 58.1 Å². The summed E-state index contributed by atoms with van der Waals surface area (Å²) in [6.45, 7) is 2.80. The standard InChI is InChI=1S/C11H16F3NO8S/c1-9(2,3)22-8(18)15-10(7(16)17)5-21-4-6(10)23-24(19,20)11(12,13)14/h6H,4-5H2,1-3H3,(H,15,18)(H,16,17). The maximum Gasteiger partial charge on any atom is 0.523 e. The number of amides is 1.